The number of benzene rings is 2. The van der Waals surface area contributed by atoms with Crippen molar-refractivity contribution < 1.29 is 23.0 Å². The van der Waals surface area contributed by atoms with Gasteiger partial charge in [-0.1, -0.05) is 51.2 Å². The third kappa shape index (κ3) is 6.66. The molecule has 3 nitrogen and oxygen atoms in total. The zero-order valence-electron chi connectivity index (χ0n) is 15.9. The highest BCUT2D eigenvalue weighted by molar-refractivity contribution is 5.70. The van der Waals surface area contributed by atoms with E-state index in [0.29, 0.717) is 17.7 Å². The number of unbranched alkanes of at least 4 members (excludes halogenated alkanes) is 5. The maximum absolute atomic E-state index is 14.3. The number of hydrogen-bond acceptors (Lipinski definition) is 3. The van der Waals surface area contributed by atoms with Crippen molar-refractivity contribution in [1.29, 1.82) is 0 Å². The van der Waals surface area contributed by atoms with Crippen LogP contribution in [-0.2, 0) is 4.79 Å². The largest absolute Gasteiger partial charge is 0.491 e. The van der Waals surface area contributed by atoms with E-state index < -0.39 is 17.6 Å². The van der Waals surface area contributed by atoms with Crippen LogP contribution in [-0.4, -0.2) is 12.6 Å². The van der Waals surface area contributed by atoms with E-state index in [1.807, 2.05) is 0 Å². The molecule has 0 bridgehead atoms. The number of halogens is 2. The summed E-state index contributed by atoms with van der Waals surface area (Å²) in [7, 11) is 0. The Morgan fingerprint density at radius 2 is 1.41 bits per heavy atom. The summed E-state index contributed by atoms with van der Waals surface area (Å²) in [6.07, 6.45) is 6.84. The van der Waals surface area contributed by atoms with Crippen LogP contribution in [0.2, 0.25) is 0 Å². The maximum Gasteiger partial charge on any atom is 0.308 e. The lowest BCUT2D eigenvalue weighted by Gasteiger charge is -2.10. The first-order chi connectivity index (χ1) is 13.0. The normalized spacial score (nSPS) is 10.7. The molecule has 0 aliphatic heterocycles. The summed E-state index contributed by atoms with van der Waals surface area (Å²) < 4.78 is 38.5. The first kappa shape index (κ1) is 20.9. The zero-order chi connectivity index (χ0) is 19.6. The minimum absolute atomic E-state index is 0.148. The van der Waals surface area contributed by atoms with Gasteiger partial charge in [0.2, 0.25) is 0 Å². The molecule has 0 atom stereocenters. The molecule has 0 unspecified atom stereocenters. The van der Waals surface area contributed by atoms with Crippen LogP contribution in [0.5, 0.6) is 11.5 Å². The maximum atomic E-state index is 14.3. The Hall–Kier alpha value is -2.43. The Balaban J connectivity index is 1.94. The smallest absolute Gasteiger partial charge is 0.308 e. The van der Waals surface area contributed by atoms with Crippen molar-refractivity contribution in [2.45, 2.75) is 52.4 Å². The average Bonchev–Trinajstić information content (AvgIpc) is 2.63. The van der Waals surface area contributed by atoms with Crippen LogP contribution in [0.1, 0.15) is 52.4 Å². The van der Waals surface area contributed by atoms with Gasteiger partial charge in [-0.3, -0.25) is 4.79 Å². The minimum atomic E-state index is -0.675. The van der Waals surface area contributed by atoms with Gasteiger partial charge in [-0.15, -0.1) is 0 Å². The van der Waals surface area contributed by atoms with Crippen LogP contribution in [0.15, 0.2) is 36.4 Å². The zero-order valence-corrected chi connectivity index (χ0v) is 15.9. The highest BCUT2D eigenvalue weighted by Crippen LogP contribution is 2.29. The van der Waals surface area contributed by atoms with Gasteiger partial charge in [-0.25, -0.2) is 8.78 Å². The van der Waals surface area contributed by atoms with Crippen LogP contribution in [0.4, 0.5) is 8.78 Å². The van der Waals surface area contributed by atoms with Gasteiger partial charge in [0, 0.05) is 6.92 Å². The molecule has 0 N–H and O–H groups in total. The molecule has 2 rings (SSSR count). The second-order valence-electron chi connectivity index (χ2n) is 6.50. The predicted octanol–water partition coefficient (Wildman–Crippen LogP) is 6.30. The SMILES string of the molecule is CCCCCCCCOc1ccc(-c2ccc(OC(C)=O)c(F)c2)cc1F. The van der Waals surface area contributed by atoms with E-state index in [-0.39, 0.29) is 11.5 Å². The highest BCUT2D eigenvalue weighted by Gasteiger charge is 2.11. The number of hydrogen-bond donors (Lipinski definition) is 0. The molecule has 0 aliphatic rings. The molecule has 0 spiro atoms. The molecule has 0 fully saturated rings. The molecule has 0 amide bonds. The van der Waals surface area contributed by atoms with E-state index in [0.717, 1.165) is 12.8 Å². The number of carbonyl (C=O) groups excluding carboxylic acids is 1. The van der Waals surface area contributed by atoms with Crippen LogP contribution < -0.4 is 9.47 Å². The quantitative estimate of drug-likeness (QED) is 0.277. The Morgan fingerprint density at radius 3 is 1.96 bits per heavy atom. The lowest BCUT2D eigenvalue weighted by Crippen LogP contribution is -2.03. The first-order valence-corrected chi connectivity index (χ1v) is 9.42. The molecule has 27 heavy (non-hydrogen) atoms. The molecule has 0 aromatic heterocycles. The molecule has 2 aromatic carbocycles. The van der Waals surface area contributed by atoms with Crippen molar-refractivity contribution in [3.05, 3.63) is 48.0 Å². The van der Waals surface area contributed by atoms with Gasteiger partial charge in [0.05, 0.1) is 6.61 Å². The van der Waals surface area contributed by atoms with Gasteiger partial charge in [0.25, 0.3) is 0 Å². The molecule has 5 heteroatoms. The van der Waals surface area contributed by atoms with Crippen LogP contribution >= 0.6 is 0 Å². The summed E-state index contributed by atoms with van der Waals surface area (Å²) in [5.41, 5.74) is 1.01. The van der Waals surface area contributed by atoms with E-state index in [2.05, 4.69) is 6.92 Å². The molecule has 2 aromatic rings. The number of esters is 1. The summed E-state index contributed by atoms with van der Waals surface area (Å²) in [5, 5.41) is 0. The van der Waals surface area contributed by atoms with Gasteiger partial charge in [-0.05, 0) is 41.8 Å². The van der Waals surface area contributed by atoms with Gasteiger partial charge < -0.3 is 9.47 Å². The van der Waals surface area contributed by atoms with Gasteiger partial charge in [0.1, 0.15) is 0 Å². The Morgan fingerprint density at radius 1 is 0.852 bits per heavy atom. The van der Waals surface area contributed by atoms with Crippen LogP contribution in [0.25, 0.3) is 11.1 Å². The fourth-order valence-corrected chi connectivity index (χ4v) is 2.78. The van der Waals surface area contributed by atoms with Crippen molar-refractivity contribution in [2.75, 3.05) is 6.61 Å². The third-order valence-electron chi connectivity index (χ3n) is 4.21. The molecular formula is C22H26F2O3. The monoisotopic (exact) mass is 376 g/mol. The van der Waals surface area contributed by atoms with Gasteiger partial charge in [-0.2, -0.15) is 0 Å². The average molecular weight is 376 g/mol. The molecule has 0 aliphatic carbocycles. The molecule has 146 valence electrons. The summed E-state index contributed by atoms with van der Waals surface area (Å²) >= 11 is 0. The van der Waals surface area contributed by atoms with E-state index in [1.165, 1.54) is 50.8 Å². The Kier molecular flexibility index (Phi) is 8.24. The summed E-state index contributed by atoms with van der Waals surface area (Å²) in [6.45, 7) is 3.86. The van der Waals surface area contributed by atoms with Crippen molar-refractivity contribution in [3.8, 4) is 22.6 Å². The predicted molar refractivity (Wildman–Crippen MR) is 102 cm³/mol. The summed E-state index contributed by atoms with van der Waals surface area (Å²) in [6, 6.07) is 8.69. The number of carbonyl (C=O) groups is 1. The number of rotatable bonds is 10. The first-order valence-electron chi connectivity index (χ1n) is 9.42. The van der Waals surface area contributed by atoms with Crippen LogP contribution in [0, 0.1) is 11.6 Å². The highest BCUT2D eigenvalue weighted by atomic mass is 19.1. The lowest BCUT2D eigenvalue weighted by molar-refractivity contribution is -0.132. The van der Waals surface area contributed by atoms with E-state index in [9.17, 15) is 13.6 Å². The second kappa shape index (κ2) is 10.7. The third-order valence-corrected chi connectivity index (χ3v) is 4.21. The Labute approximate surface area is 159 Å². The lowest BCUT2D eigenvalue weighted by atomic mass is 10.0. The van der Waals surface area contributed by atoms with Crippen molar-refractivity contribution >= 4 is 5.97 Å². The standard InChI is InChI=1S/C22H26F2O3/c1-3-4-5-6-7-8-13-26-21-11-9-17(14-19(21)23)18-10-12-22(20(24)15-18)27-16(2)25/h9-12,14-15H,3-8,13H2,1-2H3. The van der Waals surface area contributed by atoms with Gasteiger partial charge >= 0.3 is 5.97 Å². The topological polar surface area (TPSA) is 35.5 Å². The fourth-order valence-electron chi connectivity index (χ4n) is 2.78. The van der Waals surface area contributed by atoms with Gasteiger partial charge in [0.15, 0.2) is 23.1 Å². The molecule has 0 heterocycles. The summed E-state index contributed by atoms with van der Waals surface area (Å²) in [5.74, 6) is -1.70. The van der Waals surface area contributed by atoms with E-state index in [4.69, 9.17) is 9.47 Å². The fraction of sp³-hybridized carbons (Fsp3) is 0.409. The number of ether oxygens (including phenoxy) is 2. The molecule has 0 radical (unpaired) electrons. The van der Waals surface area contributed by atoms with E-state index in [1.54, 1.807) is 18.2 Å². The van der Waals surface area contributed by atoms with Crippen molar-refractivity contribution in [3.63, 3.8) is 0 Å². The molecular weight excluding hydrogens is 350 g/mol. The minimum Gasteiger partial charge on any atom is -0.491 e. The second-order valence-corrected chi connectivity index (χ2v) is 6.50. The Bertz CT molecular complexity index is 759. The van der Waals surface area contributed by atoms with E-state index >= 15 is 0 Å². The van der Waals surface area contributed by atoms with Crippen LogP contribution in [0.3, 0.4) is 0 Å². The van der Waals surface area contributed by atoms with Crippen molar-refractivity contribution in [2.24, 2.45) is 0 Å². The molecule has 0 saturated carbocycles. The summed E-state index contributed by atoms with van der Waals surface area (Å²) in [4.78, 5) is 10.9. The van der Waals surface area contributed by atoms with Crippen molar-refractivity contribution in [1.82, 2.24) is 0 Å². The molecule has 0 saturated heterocycles.